The van der Waals surface area contributed by atoms with Crippen molar-refractivity contribution < 1.29 is 4.79 Å². The average Bonchev–Trinajstić information content (AvgIpc) is 2.42. The quantitative estimate of drug-likeness (QED) is 0.503. The Morgan fingerprint density at radius 3 is 2.45 bits per heavy atom. The number of unbranched alkanes of at least 4 members (excludes halogenated alkanes) is 1. The Balaban J connectivity index is 2.21. The summed E-state index contributed by atoms with van der Waals surface area (Å²) >= 11 is 0. The van der Waals surface area contributed by atoms with Crippen molar-refractivity contribution in [3.63, 3.8) is 0 Å². The largest absolute Gasteiger partial charge is 0.343 e. The Hall–Kier alpha value is -0.530. The number of piperidine rings is 1. The third kappa shape index (κ3) is 7.65. The monoisotopic (exact) mass is 309 g/mol. The molecule has 0 bridgehead atoms. The standard InChI is InChI=1S/C20H39NO/c1-6-10-17(7-2)11-8-9-13-21-14-12-18(15-19(21)22)16-20(3,4)5/h17-18H,6-16H2,1-5H3. The van der Waals surface area contributed by atoms with Crippen LogP contribution in [-0.4, -0.2) is 23.9 Å². The molecule has 2 nitrogen and oxygen atoms in total. The van der Waals surface area contributed by atoms with Gasteiger partial charge < -0.3 is 4.90 Å². The van der Waals surface area contributed by atoms with Gasteiger partial charge in [-0.2, -0.15) is 0 Å². The predicted molar refractivity (Wildman–Crippen MR) is 95.9 cm³/mol. The van der Waals surface area contributed by atoms with Crippen LogP contribution in [-0.2, 0) is 4.79 Å². The maximum absolute atomic E-state index is 12.3. The summed E-state index contributed by atoms with van der Waals surface area (Å²) in [6.07, 6.45) is 11.0. The van der Waals surface area contributed by atoms with E-state index >= 15 is 0 Å². The first-order valence-corrected chi connectivity index (χ1v) is 9.63. The zero-order valence-electron chi connectivity index (χ0n) is 15.8. The van der Waals surface area contributed by atoms with Gasteiger partial charge in [-0.25, -0.2) is 0 Å². The molecule has 1 fully saturated rings. The van der Waals surface area contributed by atoms with Crippen molar-refractivity contribution in [2.45, 2.75) is 92.4 Å². The lowest BCUT2D eigenvalue weighted by Gasteiger charge is -2.34. The summed E-state index contributed by atoms with van der Waals surface area (Å²) in [5, 5.41) is 0. The first-order chi connectivity index (χ1) is 10.4. The molecule has 130 valence electrons. The Morgan fingerprint density at radius 1 is 1.18 bits per heavy atom. The number of rotatable bonds is 9. The van der Waals surface area contributed by atoms with Crippen molar-refractivity contribution in [2.24, 2.45) is 17.3 Å². The van der Waals surface area contributed by atoms with Crippen LogP contribution in [0.25, 0.3) is 0 Å². The van der Waals surface area contributed by atoms with Gasteiger partial charge in [-0.05, 0) is 36.5 Å². The topological polar surface area (TPSA) is 20.3 Å². The van der Waals surface area contributed by atoms with Crippen LogP contribution in [0.2, 0.25) is 0 Å². The first-order valence-electron chi connectivity index (χ1n) is 9.63. The SMILES string of the molecule is CCCC(CC)CCCCN1CCC(CC(C)(C)C)CC1=O. The third-order valence-corrected chi connectivity index (χ3v) is 5.09. The molecule has 1 aliphatic heterocycles. The number of likely N-dealkylation sites (tertiary alicyclic amines) is 1. The van der Waals surface area contributed by atoms with Crippen molar-refractivity contribution in [3.8, 4) is 0 Å². The van der Waals surface area contributed by atoms with Crippen LogP contribution >= 0.6 is 0 Å². The number of hydrogen-bond acceptors (Lipinski definition) is 1. The van der Waals surface area contributed by atoms with E-state index in [4.69, 9.17) is 0 Å². The van der Waals surface area contributed by atoms with Gasteiger partial charge in [0, 0.05) is 19.5 Å². The van der Waals surface area contributed by atoms with Gasteiger partial charge in [0.25, 0.3) is 0 Å². The lowest BCUT2D eigenvalue weighted by molar-refractivity contribution is -0.135. The van der Waals surface area contributed by atoms with Gasteiger partial charge in [0.1, 0.15) is 0 Å². The van der Waals surface area contributed by atoms with Crippen LogP contribution < -0.4 is 0 Å². The first kappa shape index (κ1) is 19.5. The highest BCUT2D eigenvalue weighted by molar-refractivity contribution is 5.77. The molecular weight excluding hydrogens is 270 g/mol. The lowest BCUT2D eigenvalue weighted by Crippen LogP contribution is -2.40. The van der Waals surface area contributed by atoms with Gasteiger partial charge in [-0.1, -0.05) is 66.7 Å². The number of carbonyl (C=O) groups excluding carboxylic acids is 1. The second-order valence-electron chi connectivity index (χ2n) is 8.56. The van der Waals surface area contributed by atoms with Gasteiger partial charge in [-0.15, -0.1) is 0 Å². The third-order valence-electron chi connectivity index (χ3n) is 5.09. The molecule has 1 saturated heterocycles. The van der Waals surface area contributed by atoms with E-state index in [1.807, 2.05) is 0 Å². The molecule has 1 rings (SSSR count). The van der Waals surface area contributed by atoms with Gasteiger partial charge in [-0.3, -0.25) is 4.79 Å². The van der Waals surface area contributed by atoms with E-state index < -0.39 is 0 Å². The molecule has 0 spiro atoms. The maximum Gasteiger partial charge on any atom is 0.222 e. The van der Waals surface area contributed by atoms with Crippen molar-refractivity contribution >= 4 is 5.91 Å². The minimum Gasteiger partial charge on any atom is -0.343 e. The molecule has 0 aromatic heterocycles. The molecule has 1 amide bonds. The average molecular weight is 310 g/mol. The summed E-state index contributed by atoms with van der Waals surface area (Å²) in [4.78, 5) is 14.4. The molecule has 0 aromatic rings. The molecule has 1 heterocycles. The van der Waals surface area contributed by atoms with Crippen molar-refractivity contribution in [3.05, 3.63) is 0 Å². The zero-order chi connectivity index (χ0) is 16.6. The van der Waals surface area contributed by atoms with E-state index in [9.17, 15) is 4.79 Å². The van der Waals surface area contributed by atoms with Crippen molar-refractivity contribution in [1.82, 2.24) is 4.90 Å². The van der Waals surface area contributed by atoms with Crippen molar-refractivity contribution in [1.29, 1.82) is 0 Å². The summed E-state index contributed by atoms with van der Waals surface area (Å²) in [6.45, 7) is 13.4. The molecule has 2 unspecified atom stereocenters. The number of carbonyl (C=O) groups is 1. The molecule has 0 aromatic carbocycles. The van der Waals surface area contributed by atoms with Crippen LogP contribution in [0, 0.1) is 17.3 Å². The minimum absolute atomic E-state index is 0.349. The van der Waals surface area contributed by atoms with Crippen LogP contribution in [0.1, 0.15) is 92.4 Å². The van der Waals surface area contributed by atoms with Crippen LogP contribution in [0.4, 0.5) is 0 Å². The van der Waals surface area contributed by atoms with E-state index in [-0.39, 0.29) is 0 Å². The molecule has 22 heavy (non-hydrogen) atoms. The maximum atomic E-state index is 12.3. The van der Waals surface area contributed by atoms with E-state index in [2.05, 4.69) is 39.5 Å². The summed E-state index contributed by atoms with van der Waals surface area (Å²) in [5.74, 6) is 1.91. The molecule has 2 atom stereocenters. The molecule has 0 N–H and O–H groups in total. The molecule has 0 saturated carbocycles. The fraction of sp³-hybridized carbons (Fsp3) is 0.950. The summed E-state index contributed by atoms with van der Waals surface area (Å²) in [6, 6.07) is 0. The van der Waals surface area contributed by atoms with Gasteiger partial charge in [0.2, 0.25) is 5.91 Å². The zero-order valence-corrected chi connectivity index (χ0v) is 15.8. The Bertz CT molecular complexity index is 318. The predicted octanol–water partition coefficient (Wildman–Crippen LogP) is 5.66. The Morgan fingerprint density at radius 2 is 1.91 bits per heavy atom. The second kappa shape index (κ2) is 9.57. The van der Waals surface area contributed by atoms with E-state index in [1.54, 1.807) is 0 Å². The van der Waals surface area contributed by atoms with E-state index in [0.717, 1.165) is 25.4 Å². The molecule has 0 aliphatic carbocycles. The number of amides is 1. The summed E-state index contributed by atoms with van der Waals surface area (Å²) < 4.78 is 0. The Kier molecular flexibility index (Phi) is 8.49. The number of nitrogens with zero attached hydrogens (tertiary/aromatic N) is 1. The smallest absolute Gasteiger partial charge is 0.222 e. The lowest BCUT2D eigenvalue weighted by atomic mass is 9.80. The van der Waals surface area contributed by atoms with Gasteiger partial charge in [0.05, 0.1) is 0 Å². The fourth-order valence-corrected chi connectivity index (χ4v) is 3.91. The van der Waals surface area contributed by atoms with Gasteiger partial charge >= 0.3 is 0 Å². The minimum atomic E-state index is 0.349. The van der Waals surface area contributed by atoms with E-state index in [1.165, 1.54) is 51.4 Å². The summed E-state index contributed by atoms with van der Waals surface area (Å²) in [7, 11) is 0. The van der Waals surface area contributed by atoms with E-state index in [0.29, 0.717) is 17.2 Å². The van der Waals surface area contributed by atoms with Crippen molar-refractivity contribution in [2.75, 3.05) is 13.1 Å². The van der Waals surface area contributed by atoms with Crippen LogP contribution in [0.5, 0.6) is 0 Å². The number of hydrogen-bond donors (Lipinski definition) is 0. The van der Waals surface area contributed by atoms with Crippen LogP contribution in [0.3, 0.4) is 0 Å². The second-order valence-corrected chi connectivity index (χ2v) is 8.56. The molecular formula is C20H39NO. The molecule has 2 heteroatoms. The Labute approximate surface area is 139 Å². The van der Waals surface area contributed by atoms with Crippen LogP contribution in [0.15, 0.2) is 0 Å². The normalized spacial score (nSPS) is 21.2. The highest BCUT2D eigenvalue weighted by Gasteiger charge is 2.28. The highest BCUT2D eigenvalue weighted by atomic mass is 16.2. The fourth-order valence-electron chi connectivity index (χ4n) is 3.91. The van der Waals surface area contributed by atoms with Gasteiger partial charge in [0.15, 0.2) is 0 Å². The summed E-state index contributed by atoms with van der Waals surface area (Å²) in [5.41, 5.74) is 0.349. The molecule has 1 aliphatic rings. The molecule has 0 radical (unpaired) electrons. The highest BCUT2D eigenvalue weighted by Crippen LogP contribution is 2.31.